The molecule has 4 aliphatic rings. The third-order valence-corrected chi connectivity index (χ3v) is 13.7. The summed E-state index contributed by atoms with van der Waals surface area (Å²) in [5.74, 6) is -6.46. The van der Waals surface area contributed by atoms with Gasteiger partial charge in [-0.15, -0.1) is 11.6 Å². The number of methoxy groups -OCH3 is 2. The van der Waals surface area contributed by atoms with Crippen LogP contribution in [0.4, 0.5) is 0 Å². The summed E-state index contributed by atoms with van der Waals surface area (Å²) in [5, 5.41) is 33.7. The summed E-state index contributed by atoms with van der Waals surface area (Å²) in [6, 6.07) is -1.08. The van der Waals surface area contributed by atoms with Gasteiger partial charge in [0.25, 0.3) is 11.7 Å². The highest BCUT2D eigenvalue weighted by Gasteiger charge is 2.56. The third kappa shape index (κ3) is 10.9. The molecule has 3 heterocycles. The Hall–Kier alpha value is -2.12. The van der Waals surface area contributed by atoms with E-state index in [0.29, 0.717) is 32.1 Å². The zero-order valence-corrected chi connectivity index (χ0v) is 35.8. The molecule has 1 unspecified atom stereocenters. The quantitative estimate of drug-likeness (QED) is 0.121. The molecule has 3 aliphatic heterocycles. The van der Waals surface area contributed by atoms with E-state index in [9.17, 15) is 29.7 Å². The summed E-state index contributed by atoms with van der Waals surface area (Å²) < 4.78 is 24.4. The van der Waals surface area contributed by atoms with E-state index in [1.165, 1.54) is 4.90 Å². The Bertz CT molecular complexity index is 1430. The van der Waals surface area contributed by atoms with Gasteiger partial charge in [-0.2, -0.15) is 0 Å². The first-order chi connectivity index (χ1) is 26.5. The number of fused-ring (bicyclic) bond motifs is 3. The van der Waals surface area contributed by atoms with Gasteiger partial charge in [0.2, 0.25) is 5.79 Å². The molecule has 1 amide bonds. The highest BCUT2D eigenvalue weighted by atomic mass is 35.5. The first kappa shape index (κ1) is 46.6. The lowest BCUT2D eigenvalue weighted by Crippen LogP contribution is -2.64. The van der Waals surface area contributed by atoms with Crippen molar-refractivity contribution < 1.29 is 48.7 Å². The smallest absolute Gasteiger partial charge is 0.329 e. The van der Waals surface area contributed by atoms with Gasteiger partial charge in [0, 0.05) is 44.6 Å². The van der Waals surface area contributed by atoms with E-state index in [1.807, 2.05) is 13.8 Å². The molecule has 0 aromatic carbocycles. The first-order valence-corrected chi connectivity index (χ1v) is 21.4. The molecular formula is C44H70ClNO10. The molecule has 2 bridgehead atoms. The standard InChI is InChI=1S/C44H70ClNO10/c1-10-32-18-25(2)17-26(3)19-37(53-8)40-38(54-9)22-29(6)44(52,56-40)41(49)42(50)46-16-12-11-13-35(46)43(51)55-39(30(7)36(48)21-27(32)4)28(5)20-31-14-15-34(45)33(23-31)24-47/h18,20,26,29-40,47-48,52H,4,10-17,19,21-24H2,1-3,5-9H3/b25-18+,28-20+/t26-,29+,30+,31-,32+,33-,34-,35-,36-,37-,38-,39+,40?,44+/m0/s1. The Balaban J connectivity index is 1.76. The van der Waals surface area contributed by atoms with E-state index in [4.69, 9.17) is 30.5 Å². The van der Waals surface area contributed by atoms with Crippen LogP contribution >= 0.6 is 11.6 Å². The van der Waals surface area contributed by atoms with Crippen molar-refractivity contribution in [3.8, 4) is 0 Å². The largest absolute Gasteiger partial charge is 0.456 e. The number of amides is 1. The van der Waals surface area contributed by atoms with Gasteiger partial charge in [0.1, 0.15) is 18.2 Å². The molecule has 3 N–H and O–H groups in total. The molecule has 1 saturated carbocycles. The fourth-order valence-corrected chi connectivity index (χ4v) is 9.90. The Morgan fingerprint density at radius 2 is 1.73 bits per heavy atom. The maximum Gasteiger partial charge on any atom is 0.329 e. The number of aliphatic hydroxyl groups is 3. The molecule has 0 aromatic rings. The number of hydrogen-bond donors (Lipinski definition) is 3. The third-order valence-electron chi connectivity index (χ3n) is 13.1. The van der Waals surface area contributed by atoms with Gasteiger partial charge in [-0.05, 0) is 114 Å². The molecule has 56 heavy (non-hydrogen) atoms. The van der Waals surface area contributed by atoms with Gasteiger partial charge in [0.05, 0.1) is 18.3 Å². The van der Waals surface area contributed by atoms with Crippen molar-refractivity contribution in [1.82, 2.24) is 4.90 Å². The lowest BCUT2D eigenvalue weighted by atomic mass is 9.79. The number of allylic oxidation sites excluding steroid dienone is 3. The van der Waals surface area contributed by atoms with Gasteiger partial charge in [-0.1, -0.05) is 57.6 Å². The molecule has 0 radical (unpaired) electrons. The van der Waals surface area contributed by atoms with Crippen molar-refractivity contribution in [1.29, 1.82) is 0 Å². The van der Waals surface area contributed by atoms with Crippen LogP contribution in [-0.4, -0.2) is 113 Å². The Morgan fingerprint density at radius 3 is 2.38 bits per heavy atom. The molecular weight excluding hydrogens is 738 g/mol. The predicted octanol–water partition coefficient (Wildman–Crippen LogP) is 6.30. The van der Waals surface area contributed by atoms with Gasteiger partial charge in [-0.3, -0.25) is 9.59 Å². The van der Waals surface area contributed by atoms with Crippen molar-refractivity contribution in [2.75, 3.05) is 27.4 Å². The number of ketones is 1. The van der Waals surface area contributed by atoms with Crippen molar-refractivity contribution >= 4 is 29.3 Å². The predicted molar refractivity (Wildman–Crippen MR) is 216 cm³/mol. The maximum absolute atomic E-state index is 14.3. The number of carbonyl (C=O) groups excluding carboxylic acids is 3. The Kier molecular flexibility index (Phi) is 17.2. The number of piperidine rings is 1. The molecule has 3 fully saturated rings. The van der Waals surface area contributed by atoms with Crippen molar-refractivity contribution in [3.63, 3.8) is 0 Å². The van der Waals surface area contributed by atoms with E-state index >= 15 is 0 Å². The highest BCUT2D eigenvalue weighted by molar-refractivity contribution is 6.39. The number of nitrogens with zero attached hydrogens (tertiary/aromatic N) is 1. The summed E-state index contributed by atoms with van der Waals surface area (Å²) in [6.07, 6.45) is 6.95. The van der Waals surface area contributed by atoms with Crippen LogP contribution in [0.25, 0.3) is 0 Å². The summed E-state index contributed by atoms with van der Waals surface area (Å²) in [4.78, 5) is 44.0. The monoisotopic (exact) mass is 807 g/mol. The molecule has 0 spiro atoms. The number of aliphatic hydroxyl groups excluding tert-OH is 2. The summed E-state index contributed by atoms with van der Waals surface area (Å²) in [6.45, 7) is 16.2. The minimum Gasteiger partial charge on any atom is -0.456 e. The molecule has 1 aliphatic carbocycles. The van der Waals surface area contributed by atoms with Crippen LogP contribution in [0.5, 0.6) is 0 Å². The number of Topliss-reactive ketones (excluding diaryl/α,β-unsaturated/α-hetero) is 1. The Morgan fingerprint density at radius 1 is 1.05 bits per heavy atom. The number of rotatable bonds is 6. The number of esters is 1. The van der Waals surface area contributed by atoms with E-state index in [1.54, 1.807) is 21.1 Å². The van der Waals surface area contributed by atoms with E-state index in [0.717, 1.165) is 42.4 Å². The van der Waals surface area contributed by atoms with Crippen LogP contribution in [0.15, 0.2) is 35.5 Å². The number of alkyl halides is 1. The lowest BCUT2D eigenvalue weighted by molar-refractivity contribution is -0.302. The van der Waals surface area contributed by atoms with Gasteiger partial charge in [-0.25, -0.2) is 4.79 Å². The number of hydrogen-bond acceptors (Lipinski definition) is 10. The first-order valence-electron chi connectivity index (χ1n) is 21.0. The van der Waals surface area contributed by atoms with Gasteiger partial charge < -0.3 is 39.2 Å². The molecule has 12 heteroatoms. The second kappa shape index (κ2) is 20.7. The van der Waals surface area contributed by atoms with Crippen molar-refractivity contribution in [3.05, 3.63) is 35.5 Å². The van der Waals surface area contributed by atoms with Crippen LogP contribution in [0, 0.1) is 35.5 Å². The van der Waals surface area contributed by atoms with Crippen LogP contribution in [-0.2, 0) is 33.3 Å². The zero-order valence-electron chi connectivity index (χ0n) is 35.1. The number of cyclic esters (lactones) is 1. The normalized spacial score (nSPS) is 41.6. The second-order valence-electron chi connectivity index (χ2n) is 17.5. The average Bonchev–Trinajstić information content (AvgIpc) is 3.18. The second-order valence-corrected chi connectivity index (χ2v) is 18.0. The molecule has 2 saturated heterocycles. The molecule has 14 atom stereocenters. The van der Waals surface area contributed by atoms with Crippen LogP contribution < -0.4 is 0 Å². The molecule has 0 aromatic heterocycles. The fourth-order valence-electron chi connectivity index (χ4n) is 9.59. The van der Waals surface area contributed by atoms with E-state index in [-0.39, 0.29) is 55.0 Å². The van der Waals surface area contributed by atoms with Crippen LogP contribution in [0.2, 0.25) is 0 Å². The lowest BCUT2D eigenvalue weighted by Gasteiger charge is -2.47. The number of ether oxygens (including phenoxy) is 4. The zero-order chi connectivity index (χ0) is 41.5. The van der Waals surface area contributed by atoms with Crippen molar-refractivity contribution in [2.45, 2.75) is 160 Å². The SMILES string of the molecule is C=C1C[C@H](O)[C@@H](C)[C@@H](/C(C)=C/[C@@H]2CC[C@H](Cl)[C@H](CO)C2)OC(=O)[C@@H]2CCCCN2C(=O)C(=O)[C@]2(O)OC([C@@H](OC)C[C@@H](C)C/C(C)=C/[C@H]1CC)[C@@H](OC)C[C@H]2C. The minimum absolute atomic E-state index is 0.0115. The summed E-state index contributed by atoms with van der Waals surface area (Å²) in [7, 11) is 3.12. The molecule has 11 nitrogen and oxygen atoms in total. The topological polar surface area (TPSA) is 152 Å². The molecule has 318 valence electrons. The van der Waals surface area contributed by atoms with Crippen LogP contribution in [0.3, 0.4) is 0 Å². The van der Waals surface area contributed by atoms with Gasteiger partial charge >= 0.3 is 5.97 Å². The van der Waals surface area contributed by atoms with E-state index in [2.05, 4.69) is 39.5 Å². The van der Waals surface area contributed by atoms with Crippen LogP contribution in [0.1, 0.15) is 112 Å². The minimum atomic E-state index is -2.47. The van der Waals surface area contributed by atoms with Gasteiger partial charge in [0.15, 0.2) is 0 Å². The average molecular weight is 808 g/mol. The number of halogens is 1. The summed E-state index contributed by atoms with van der Waals surface area (Å²) in [5.41, 5.74) is 2.80. The fraction of sp³-hybridized carbons (Fsp3) is 0.795. The maximum atomic E-state index is 14.3. The molecule has 4 rings (SSSR count). The number of carbonyl (C=O) groups is 3. The van der Waals surface area contributed by atoms with E-state index < -0.39 is 71.8 Å². The highest BCUT2D eigenvalue weighted by Crippen LogP contribution is 2.40. The Labute approximate surface area is 340 Å². The summed E-state index contributed by atoms with van der Waals surface area (Å²) >= 11 is 6.51. The van der Waals surface area contributed by atoms with Crippen molar-refractivity contribution in [2.24, 2.45) is 35.5 Å².